The summed E-state index contributed by atoms with van der Waals surface area (Å²) in [6.45, 7) is 1.71. The number of nitrogens with two attached hydrogens (primary N) is 1. The topological polar surface area (TPSA) is 59.6 Å². The monoisotopic (exact) mass is 211 g/mol. The molecule has 1 unspecified atom stereocenters. The second-order valence-electron chi connectivity index (χ2n) is 4.46. The first-order chi connectivity index (χ1) is 7.34. The van der Waals surface area contributed by atoms with Crippen molar-refractivity contribution < 1.29 is 4.74 Å². The second kappa shape index (κ2) is 5.35. The van der Waals surface area contributed by atoms with E-state index in [1.165, 1.54) is 32.1 Å². The van der Waals surface area contributed by atoms with Gasteiger partial charge in [0.05, 0.1) is 6.10 Å². The summed E-state index contributed by atoms with van der Waals surface area (Å²) in [7, 11) is 0. The van der Waals surface area contributed by atoms with Crippen LogP contribution < -0.4 is 11.1 Å². The highest BCUT2D eigenvalue weighted by Crippen LogP contribution is 2.18. The molecular formula is C11H21N3O. The molecule has 1 aliphatic heterocycles. The van der Waals surface area contributed by atoms with Crippen LogP contribution >= 0.6 is 0 Å². The third-order valence-corrected chi connectivity index (χ3v) is 2.94. The Morgan fingerprint density at radius 3 is 2.87 bits per heavy atom. The highest BCUT2D eigenvalue weighted by Gasteiger charge is 2.21. The van der Waals surface area contributed by atoms with Crippen molar-refractivity contribution in [3.63, 3.8) is 0 Å². The Morgan fingerprint density at radius 2 is 2.20 bits per heavy atom. The molecule has 1 heterocycles. The van der Waals surface area contributed by atoms with Crippen LogP contribution in [0.3, 0.4) is 0 Å². The molecule has 4 heteroatoms. The largest absolute Gasteiger partial charge is 0.378 e. The van der Waals surface area contributed by atoms with Crippen LogP contribution in [-0.2, 0) is 4.74 Å². The maximum Gasteiger partial charge on any atom is 0.188 e. The van der Waals surface area contributed by atoms with Crippen molar-refractivity contribution in [2.75, 3.05) is 13.2 Å². The first kappa shape index (κ1) is 10.7. The van der Waals surface area contributed by atoms with Crippen LogP contribution in [0.1, 0.15) is 38.5 Å². The Morgan fingerprint density at radius 1 is 1.33 bits per heavy atom. The molecule has 1 saturated heterocycles. The molecule has 0 radical (unpaired) electrons. The van der Waals surface area contributed by atoms with E-state index in [1.807, 2.05) is 0 Å². The van der Waals surface area contributed by atoms with E-state index in [9.17, 15) is 0 Å². The average Bonchev–Trinajstić information content (AvgIpc) is 3.03. The predicted octanol–water partition coefficient (Wildman–Crippen LogP) is 1.01. The molecular weight excluding hydrogens is 190 g/mol. The molecule has 0 amide bonds. The molecule has 3 N–H and O–H groups in total. The van der Waals surface area contributed by atoms with Crippen LogP contribution in [0.4, 0.5) is 0 Å². The summed E-state index contributed by atoms with van der Waals surface area (Å²) < 4.78 is 5.62. The zero-order valence-electron chi connectivity index (χ0n) is 9.24. The number of hydrogen-bond acceptors (Lipinski definition) is 2. The van der Waals surface area contributed by atoms with Crippen molar-refractivity contribution in [2.45, 2.75) is 50.7 Å². The smallest absolute Gasteiger partial charge is 0.188 e. The number of ether oxygens (including phenoxy) is 1. The lowest BCUT2D eigenvalue weighted by atomic mass is 10.1. The molecule has 15 heavy (non-hydrogen) atoms. The number of nitrogens with zero attached hydrogens (tertiary/aromatic N) is 1. The SMILES string of the molecule is NC(=NCCC1CCCCO1)NC1CC1. The van der Waals surface area contributed by atoms with Gasteiger partial charge in [-0.25, -0.2) is 0 Å². The van der Waals surface area contributed by atoms with Crippen LogP contribution in [0.5, 0.6) is 0 Å². The predicted molar refractivity (Wildman–Crippen MR) is 60.9 cm³/mol. The summed E-state index contributed by atoms with van der Waals surface area (Å²) in [5.41, 5.74) is 5.73. The van der Waals surface area contributed by atoms with Crippen molar-refractivity contribution in [3.05, 3.63) is 0 Å². The highest BCUT2D eigenvalue weighted by atomic mass is 16.5. The van der Waals surface area contributed by atoms with Gasteiger partial charge in [-0.15, -0.1) is 0 Å². The second-order valence-corrected chi connectivity index (χ2v) is 4.46. The molecule has 1 aliphatic carbocycles. The van der Waals surface area contributed by atoms with E-state index in [-0.39, 0.29) is 0 Å². The van der Waals surface area contributed by atoms with Gasteiger partial charge in [0.2, 0.25) is 0 Å². The van der Waals surface area contributed by atoms with Crippen LogP contribution in [0.15, 0.2) is 4.99 Å². The van der Waals surface area contributed by atoms with Gasteiger partial charge in [0.1, 0.15) is 0 Å². The summed E-state index contributed by atoms with van der Waals surface area (Å²) in [6.07, 6.45) is 7.59. The number of aliphatic imine (C=N–C) groups is 1. The molecule has 1 atom stereocenters. The van der Waals surface area contributed by atoms with Crippen molar-refractivity contribution >= 4 is 5.96 Å². The van der Waals surface area contributed by atoms with Crippen molar-refractivity contribution in [1.29, 1.82) is 0 Å². The molecule has 0 spiro atoms. The number of rotatable bonds is 4. The third kappa shape index (κ3) is 4.08. The van der Waals surface area contributed by atoms with Gasteiger partial charge in [-0.1, -0.05) is 0 Å². The zero-order valence-corrected chi connectivity index (χ0v) is 9.24. The van der Waals surface area contributed by atoms with Gasteiger partial charge in [-0.2, -0.15) is 0 Å². The summed E-state index contributed by atoms with van der Waals surface area (Å²) in [6, 6.07) is 0.597. The summed E-state index contributed by atoms with van der Waals surface area (Å²) in [5.74, 6) is 0.605. The normalized spacial score (nSPS) is 27.7. The standard InChI is InChI=1S/C11H21N3O/c12-11(14-9-4-5-9)13-7-6-10-3-1-2-8-15-10/h9-10H,1-8H2,(H3,12,13,14). The van der Waals surface area contributed by atoms with Crippen molar-refractivity contribution in [2.24, 2.45) is 10.7 Å². The number of hydrogen-bond donors (Lipinski definition) is 2. The van der Waals surface area contributed by atoms with E-state index < -0.39 is 0 Å². The average molecular weight is 211 g/mol. The molecule has 0 aromatic carbocycles. The van der Waals surface area contributed by atoms with Crippen molar-refractivity contribution in [1.82, 2.24) is 5.32 Å². The molecule has 2 fully saturated rings. The van der Waals surface area contributed by atoms with Crippen molar-refractivity contribution in [3.8, 4) is 0 Å². The Hall–Kier alpha value is -0.770. The van der Waals surface area contributed by atoms with Gasteiger partial charge >= 0.3 is 0 Å². The lowest BCUT2D eigenvalue weighted by Gasteiger charge is -2.21. The maximum atomic E-state index is 5.73. The minimum atomic E-state index is 0.413. The van der Waals surface area contributed by atoms with E-state index in [2.05, 4.69) is 10.3 Å². The molecule has 0 aromatic heterocycles. The Labute approximate surface area is 91.3 Å². The maximum absolute atomic E-state index is 5.73. The minimum absolute atomic E-state index is 0.413. The van der Waals surface area contributed by atoms with Gasteiger partial charge in [0, 0.05) is 19.2 Å². The number of guanidine groups is 1. The minimum Gasteiger partial charge on any atom is -0.378 e. The fourth-order valence-electron chi connectivity index (χ4n) is 1.85. The van der Waals surface area contributed by atoms with Crippen LogP contribution in [0.2, 0.25) is 0 Å². The molecule has 2 aliphatic rings. The van der Waals surface area contributed by atoms with Gasteiger partial charge < -0.3 is 15.8 Å². The Balaban J connectivity index is 1.59. The lowest BCUT2D eigenvalue weighted by molar-refractivity contribution is 0.0129. The molecule has 0 aromatic rings. The highest BCUT2D eigenvalue weighted by molar-refractivity contribution is 5.78. The van der Waals surface area contributed by atoms with E-state index in [4.69, 9.17) is 10.5 Å². The van der Waals surface area contributed by atoms with Crippen LogP contribution in [0.25, 0.3) is 0 Å². The van der Waals surface area contributed by atoms with Gasteiger partial charge in [-0.3, -0.25) is 4.99 Å². The quantitative estimate of drug-likeness (QED) is 0.539. The van der Waals surface area contributed by atoms with E-state index in [1.54, 1.807) is 0 Å². The van der Waals surface area contributed by atoms with Crippen LogP contribution in [0, 0.1) is 0 Å². The first-order valence-corrected chi connectivity index (χ1v) is 6.02. The summed E-state index contributed by atoms with van der Waals surface area (Å²) in [4.78, 5) is 4.30. The third-order valence-electron chi connectivity index (χ3n) is 2.94. The number of nitrogens with one attached hydrogen (secondary N) is 1. The van der Waals surface area contributed by atoms with E-state index in [0.717, 1.165) is 19.6 Å². The molecule has 0 bridgehead atoms. The fourth-order valence-corrected chi connectivity index (χ4v) is 1.85. The Kier molecular flexibility index (Phi) is 3.83. The van der Waals surface area contributed by atoms with E-state index in [0.29, 0.717) is 18.1 Å². The molecule has 4 nitrogen and oxygen atoms in total. The first-order valence-electron chi connectivity index (χ1n) is 6.02. The van der Waals surface area contributed by atoms with Gasteiger partial charge in [-0.05, 0) is 38.5 Å². The fraction of sp³-hybridized carbons (Fsp3) is 0.909. The van der Waals surface area contributed by atoms with Crippen LogP contribution in [-0.4, -0.2) is 31.3 Å². The molecule has 2 rings (SSSR count). The summed E-state index contributed by atoms with van der Waals surface area (Å²) >= 11 is 0. The molecule has 86 valence electrons. The summed E-state index contributed by atoms with van der Waals surface area (Å²) in [5, 5.41) is 3.18. The molecule has 1 saturated carbocycles. The lowest BCUT2D eigenvalue weighted by Crippen LogP contribution is -2.33. The van der Waals surface area contributed by atoms with Gasteiger partial charge in [0.15, 0.2) is 5.96 Å². The Bertz CT molecular complexity index is 220. The zero-order chi connectivity index (χ0) is 10.5. The van der Waals surface area contributed by atoms with Gasteiger partial charge in [0.25, 0.3) is 0 Å². The van der Waals surface area contributed by atoms with E-state index >= 15 is 0 Å².